The second kappa shape index (κ2) is 5.29. The first kappa shape index (κ1) is 12.7. The number of halogens is 2. The van der Waals surface area contributed by atoms with Crippen molar-refractivity contribution in [1.82, 2.24) is 9.97 Å². The summed E-state index contributed by atoms with van der Waals surface area (Å²) in [6.07, 6.45) is 1.02. The predicted octanol–water partition coefficient (Wildman–Crippen LogP) is 3.52. The van der Waals surface area contributed by atoms with E-state index in [-0.39, 0.29) is 4.49 Å². The van der Waals surface area contributed by atoms with Gasteiger partial charge in [0.25, 0.3) is 0 Å². The van der Waals surface area contributed by atoms with Crippen molar-refractivity contribution in [2.45, 2.75) is 0 Å². The normalized spacial score (nSPS) is 10.2. The van der Waals surface area contributed by atoms with E-state index in [9.17, 15) is 4.79 Å². The molecule has 0 bridgehead atoms. The van der Waals surface area contributed by atoms with Crippen molar-refractivity contribution >= 4 is 52.4 Å². The summed E-state index contributed by atoms with van der Waals surface area (Å²) in [5.41, 5.74) is 2.30. The van der Waals surface area contributed by atoms with Crippen LogP contribution in [0.5, 0.6) is 0 Å². The Morgan fingerprint density at radius 3 is 2.94 bits per heavy atom. The van der Waals surface area contributed by atoms with Crippen molar-refractivity contribution in [3.8, 4) is 0 Å². The number of imidazole rings is 1. The maximum absolute atomic E-state index is 11.0. The fourth-order valence-corrected chi connectivity index (χ4v) is 1.70. The summed E-state index contributed by atoms with van der Waals surface area (Å²) in [6, 6.07) is 5.42. The Kier molecular flexibility index (Phi) is 3.74. The van der Waals surface area contributed by atoms with E-state index in [2.05, 4.69) is 20.0 Å². The van der Waals surface area contributed by atoms with Crippen LogP contribution in [-0.4, -0.2) is 23.2 Å². The highest BCUT2D eigenvalue weighted by atomic mass is 35.5. The third-order valence-corrected chi connectivity index (χ3v) is 2.41. The van der Waals surface area contributed by atoms with Crippen LogP contribution in [0.2, 0.25) is 0 Å². The summed E-state index contributed by atoms with van der Waals surface area (Å²) in [4.78, 5) is 18.1. The number of nitrogens with one attached hydrogen (secondary N) is 2. The van der Waals surface area contributed by atoms with Crippen LogP contribution < -0.4 is 5.32 Å². The molecule has 0 aliphatic carbocycles. The van der Waals surface area contributed by atoms with Gasteiger partial charge in [-0.2, -0.15) is 0 Å². The van der Waals surface area contributed by atoms with E-state index in [1.54, 1.807) is 12.1 Å². The van der Waals surface area contributed by atoms with Crippen LogP contribution in [0.4, 0.5) is 10.7 Å². The molecule has 5 nitrogen and oxygen atoms in total. The van der Waals surface area contributed by atoms with E-state index in [0.717, 1.165) is 11.1 Å². The number of rotatable bonds is 2. The Bertz CT molecular complexity index is 618. The van der Waals surface area contributed by atoms with Crippen LogP contribution in [0, 0.1) is 0 Å². The summed E-state index contributed by atoms with van der Waals surface area (Å²) in [6.45, 7) is 0. The number of hydrogen-bond donors (Lipinski definition) is 2. The zero-order valence-electron chi connectivity index (χ0n) is 9.33. The largest absolute Gasteiger partial charge is 0.453 e. The van der Waals surface area contributed by atoms with Crippen LogP contribution in [0.15, 0.2) is 22.7 Å². The quantitative estimate of drug-likeness (QED) is 0.887. The lowest BCUT2D eigenvalue weighted by molar-refractivity contribution is 0.186. The standard InChI is InChI=1S/C11H9Cl2N3O2/c1-18-11(17)16-10-14-7-3-2-6(5-9(12)13)4-8(7)15-10/h2-5H,1H3,(H2,14,15,16,17). The highest BCUT2D eigenvalue weighted by Gasteiger charge is 2.06. The van der Waals surface area contributed by atoms with Crippen molar-refractivity contribution in [2.75, 3.05) is 12.4 Å². The average molecular weight is 286 g/mol. The molecule has 94 valence electrons. The predicted molar refractivity (Wildman–Crippen MR) is 71.8 cm³/mol. The molecule has 7 heteroatoms. The van der Waals surface area contributed by atoms with Gasteiger partial charge in [-0.05, 0) is 23.8 Å². The SMILES string of the molecule is COC(=O)Nc1nc2ccc(C=C(Cl)Cl)cc2[nH]1. The Labute approximate surface area is 113 Å². The van der Waals surface area contributed by atoms with E-state index >= 15 is 0 Å². The number of hydrogen-bond acceptors (Lipinski definition) is 3. The van der Waals surface area contributed by atoms with E-state index in [1.165, 1.54) is 7.11 Å². The number of fused-ring (bicyclic) bond motifs is 1. The Morgan fingerprint density at radius 1 is 1.50 bits per heavy atom. The molecule has 0 saturated carbocycles. The van der Waals surface area contributed by atoms with Crippen molar-refractivity contribution in [2.24, 2.45) is 0 Å². The lowest BCUT2D eigenvalue weighted by atomic mass is 10.2. The van der Waals surface area contributed by atoms with E-state index in [1.807, 2.05) is 12.1 Å². The Balaban J connectivity index is 2.33. The molecule has 0 saturated heterocycles. The molecule has 1 heterocycles. The van der Waals surface area contributed by atoms with E-state index in [0.29, 0.717) is 11.5 Å². The fraction of sp³-hybridized carbons (Fsp3) is 0.0909. The molecule has 1 aromatic carbocycles. The molecule has 2 N–H and O–H groups in total. The van der Waals surface area contributed by atoms with Gasteiger partial charge in [0.15, 0.2) is 0 Å². The third kappa shape index (κ3) is 2.94. The molecule has 0 unspecified atom stereocenters. The number of carbonyl (C=O) groups is 1. The molecule has 1 aromatic heterocycles. The van der Waals surface area contributed by atoms with Crippen molar-refractivity contribution in [3.63, 3.8) is 0 Å². The average Bonchev–Trinajstić information content (AvgIpc) is 2.69. The van der Waals surface area contributed by atoms with Gasteiger partial charge in [-0.3, -0.25) is 5.32 Å². The van der Waals surface area contributed by atoms with E-state index in [4.69, 9.17) is 23.2 Å². The number of aromatic nitrogens is 2. The summed E-state index contributed by atoms with van der Waals surface area (Å²) >= 11 is 11.2. The number of aromatic amines is 1. The topological polar surface area (TPSA) is 67.0 Å². The first-order chi connectivity index (χ1) is 8.58. The van der Waals surface area contributed by atoms with Crippen LogP contribution in [-0.2, 0) is 4.74 Å². The molecular formula is C11H9Cl2N3O2. The van der Waals surface area contributed by atoms with Gasteiger partial charge in [-0.25, -0.2) is 9.78 Å². The minimum Gasteiger partial charge on any atom is -0.453 e. The summed E-state index contributed by atoms with van der Waals surface area (Å²) in [5.74, 6) is 0.315. The van der Waals surface area contributed by atoms with Gasteiger partial charge in [-0.1, -0.05) is 29.3 Å². The third-order valence-electron chi connectivity index (χ3n) is 2.19. The van der Waals surface area contributed by atoms with Crippen molar-refractivity contribution < 1.29 is 9.53 Å². The minimum absolute atomic E-state index is 0.168. The van der Waals surface area contributed by atoms with Gasteiger partial charge < -0.3 is 9.72 Å². The zero-order chi connectivity index (χ0) is 13.1. The summed E-state index contributed by atoms with van der Waals surface area (Å²) < 4.78 is 4.64. The second-order valence-electron chi connectivity index (χ2n) is 3.41. The van der Waals surface area contributed by atoms with E-state index < -0.39 is 6.09 Å². The first-order valence-corrected chi connectivity index (χ1v) is 5.71. The maximum atomic E-state index is 11.0. The first-order valence-electron chi connectivity index (χ1n) is 4.96. The second-order valence-corrected chi connectivity index (χ2v) is 4.42. The molecule has 0 spiro atoms. The van der Waals surface area contributed by atoms with Gasteiger partial charge in [-0.15, -0.1) is 0 Å². The molecule has 0 aliphatic rings. The molecule has 2 rings (SSSR count). The highest BCUT2D eigenvalue weighted by Crippen LogP contribution is 2.19. The smallest absolute Gasteiger partial charge is 0.413 e. The van der Waals surface area contributed by atoms with Gasteiger partial charge >= 0.3 is 6.09 Å². The molecular weight excluding hydrogens is 277 g/mol. The zero-order valence-corrected chi connectivity index (χ0v) is 10.8. The molecule has 1 amide bonds. The number of anilines is 1. The maximum Gasteiger partial charge on any atom is 0.413 e. The van der Waals surface area contributed by atoms with Crippen molar-refractivity contribution in [1.29, 1.82) is 0 Å². The summed E-state index contributed by atoms with van der Waals surface area (Å²) in [5, 5.41) is 2.45. The van der Waals surface area contributed by atoms with Crippen LogP contribution in [0.3, 0.4) is 0 Å². The number of benzene rings is 1. The Morgan fingerprint density at radius 2 is 2.28 bits per heavy atom. The lowest BCUT2D eigenvalue weighted by Crippen LogP contribution is -2.11. The Hall–Kier alpha value is -1.72. The number of H-pyrrole nitrogens is 1. The van der Waals surface area contributed by atoms with Crippen LogP contribution in [0.1, 0.15) is 5.56 Å². The number of methoxy groups -OCH3 is 1. The number of ether oxygens (including phenoxy) is 1. The molecule has 0 aliphatic heterocycles. The number of amides is 1. The van der Waals surface area contributed by atoms with Gasteiger partial charge in [0.05, 0.1) is 18.1 Å². The van der Waals surface area contributed by atoms with Gasteiger partial charge in [0.2, 0.25) is 5.95 Å². The molecule has 18 heavy (non-hydrogen) atoms. The highest BCUT2D eigenvalue weighted by molar-refractivity contribution is 6.57. The monoisotopic (exact) mass is 285 g/mol. The molecule has 0 radical (unpaired) electrons. The minimum atomic E-state index is -0.585. The fourth-order valence-electron chi connectivity index (χ4n) is 1.45. The van der Waals surface area contributed by atoms with Crippen LogP contribution >= 0.6 is 23.2 Å². The molecule has 0 fully saturated rings. The van der Waals surface area contributed by atoms with Gasteiger partial charge in [0, 0.05) is 0 Å². The summed E-state index contributed by atoms with van der Waals surface area (Å²) in [7, 11) is 1.28. The van der Waals surface area contributed by atoms with Gasteiger partial charge in [0.1, 0.15) is 4.49 Å². The van der Waals surface area contributed by atoms with Crippen LogP contribution in [0.25, 0.3) is 17.1 Å². The molecule has 0 atom stereocenters. The number of nitrogens with zero attached hydrogens (tertiary/aromatic N) is 1. The lowest BCUT2D eigenvalue weighted by Gasteiger charge is -1.97. The number of carbonyl (C=O) groups excluding carboxylic acids is 1. The molecule has 2 aromatic rings. The van der Waals surface area contributed by atoms with Crippen molar-refractivity contribution in [3.05, 3.63) is 28.3 Å².